The van der Waals surface area contributed by atoms with Gasteiger partial charge in [-0.3, -0.25) is 0 Å². The van der Waals surface area contributed by atoms with Crippen LogP contribution in [0.2, 0.25) is 0 Å². The van der Waals surface area contributed by atoms with Crippen molar-refractivity contribution < 1.29 is 0 Å². The zero-order valence-electron chi connectivity index (χ0n) is 8.64. The molecule has 3 nitrogen and oxygen atoms in total. The molecule has 0 aromatic carbocycles. The maximum absolute atomic E-state index is 5.73. The summed E-state index contributed by atoms with van der Waals surface area (Å²) in [6.07, 6.45) is 5.59. The molecule has 5 heteroatoms. The Morgan fingerprint density at radius 2 is 2.27 bits per heavy atom. The van der Waals surface area contributed by atoms with Crippen LogP contribution in [0.3, 0.4) is 0 Å². The van der Waals surface area contributed by atoms with E-state index < -0.39 is 0 Å². The lowest BCUT2D eigenvalue weighted by Gasteiger charge is -2.23. The van der Waals surface area contributed by atoms with Crippen molar-refractivity contribution in [2.75, 3.05) is 0 Å². The SMILES string of the molecule is CC(C)(c1nccs1)n1cnc(CCl)c1. The van der Waals surface area contributed by atoms with Gasteiger partial charge in [0.1, 0.15) is 5.01 Å². The second-order valence-corrected chi connectivity index (χ2v) is 4.96. The zero-order valence-corrected chi connectivity index (χ0v) is 10.2. The molecular formula is C10H12ClN3S. The minimum absolute atomic E-state index is 0.161. The Morgan fingerprint density at radius 1 is 1.47 bits per heavy atom. The number of hydrogen-bond acceptors (Lipinski definition) is 3. The van der Waals surface area contributed by atoms with Crippen molar-refractivity contribution in [1.29, 1.82) is 0 Å². The molecule has 2 heterocycles. The normalized spacial score (nSPS) is 11.9. The largest absolute Gasteiger partial charge is 0.325 e. The van der Waals surface area contributed by atoms with Crippen molar-refractivity contribution in [2.24, 2.45) is 0 Å². The standard InChI is InChI=1S/C10H12ClN3S/c1-10(2,9-12-3-4-15-9)14-6-8(5-11)13-7-14/h3-4,6-7H,5H2,1-2H3. The topological polar surface area (TPSA) is 30.7 Å². The van der Waals surface area contributed by atoms with Crippen LogP contribution in [0.15, 0.2) is 24.1 Å². The molecule has 0 aliphatic carbocycles. The highest BCUT2D eigenvalue weighted by Crippen LogP contribution is 2.27. The molecule has 0 saturated heterocycles. The van der Waals surface area contributed by atoms with Gasteiger partial charge in [0.25, 0.3) is 0 Å². The smallest absolute Gasteiger partial charge is 0.118 e. The van der Waals surface area contributed by atoms with Gasteiger partial charge in [0.15, 0.2) is 0 Å². The van der Waals surface area contributed by atoms with Crippen molar-refractivity contribution >= 4 is 22.9 Å². The first kappa shape index (κ1) is 10.6. The van der Waals surface area contributed by atoms with Crippen molar-refractivity contribution in [3.63, 3.8) is 0 Å². The predicted octanol–water partition coefficient (Wildman–Crippen LogP) is 2.86. The third kappa shape index (κ3) is 1.92. The lowest BCUT2D eigenvalue weighted by molar-refractivity contribution is 0.433. The van der Waals surface area contributed by atoms with Gasteiger partial charge in [-0.1, -0.05) is 0 Å². The number of nitrogens with zero attached hydrogens (tertiary/aromatic N) is 3. The van der Waals surface area contributed by atoms with E-state index in [2.05, 4.69) is 23.8 Å². The third-order valence-electron chi connectivity index (χ3n) is 2.37. The van der Waals surface area contributed by atoms with E-state index in [9.17, 15) is 0 Å². The van der Waals surface area contributed by atoms with E-state index in [0.29, 0.717) is 5.88 Å². The molecule has 2 aromatic rings. The summed E-state index contributed by atoms with van der Waals surface area (Å²) >= 11 is 7.38. The van der Waals surface area contributed by atoms with Gasteiger partial charge in [-0.25, -0.2) is 9.97 Å². The zero-order chi connectivity index (χ0) is 10.9. The maximum atomic E-state index is 5.73. The fraction of sp³-hybridized carbons (Fsp3) is 0.400. The number of aromatic nitrogens is 3. The van der Waals surface area contributed by atoms with Crippen molar-refractivity contribution in [1.82, 2.24) is 14.5 Å². The van der Waals surface area contributed by atoms with Crippen molar-refractivity contribution in [3.8, 4) is 0 Å². The molecule has 0 radical (unpaired) electrons. The number of hydrogen-bond donors (Lipinski definition) is 0. The van der Waals surface area contributed by atoms with Crippen LogP contribution in [0.25, 0.3) is 0 Å². The average Bonchev–Trinajstić information content (AvgIpc) is 2.89. The Morgan fingerprint density at radius 3 is 2.80 bits per heavy atom. The summed E-state index contributed by atoms with van der Waals surface area (Å²) in [6, 6.07) is 0. The average molecular weight is 242 g/mol. The maximum Gasteiger partial charge on any atom is 0.118 e. The van der Waals surface area contributed by atoms with E-state index >= 15 is 0 Å². The molecule has 80 valence electrons. The minimum Gasteiger partial charge on any atom is -0.325 e. The molecule has 15 heavy (non-hydrogen) atoms. The lowest BCUT2D eigenvalue weighted by Crippen LogP contribution is -2.26. The summed E-state index contributed by atoms with van der Waals surface area (Å²) < 4.78 is 2.05. The molecule has 0 atom stereocenters. The molecule has 0 unspecified atom stereocenters. The molecule has 0 fully saturated rings. The highest BCUT2D eigenvalue weighted by Gasteiger charge is 2.25. The summed E-state index contributed by atoms with van der Waals surface area (Å²) in [6.45, 7) is 4.23. The second-order valence-electron chi connectivity index (χ2n) is 3.80. The first-order chi connectivity index (χ1) is 7.14. The minimum atomic E-state index is -0.161. The molecule has 2 aromatic heterocycles. The van der Waals surface area contributed by atoms with E-state index in [1.165, 1.54) is 0 Å². The second kappa shape index (κ2) is 3.94. The number of rotatable bonds is 3. The predicted molar refractivity (Wildman–Crippen MR) is 62.3 cm³/mol. The molecule has 0 saturated carbocycles. The van der Waals surface area contributed by atoms with Gasteiger partial charge in [-0.2, -0.15) is 0 Å². The van der Waals surface area contributed by atoms with Crippen LogP contribution in [-0.2, 0) is 11.4 Å². The van der Waals surface area contributed by atoms with E-state index in [1.807, 2.05) is 22.3 Å². The summed E-state index contributed by atoms with van der Waals surface area (Å²) in [7, 11) is 0. The van der Waals surface area contributed by atoms with E-state index in [4.69, 9.17) is 11.6 Å². The Balaban J connectivity index is 2.37. The van der Waals surface area contributed by atoms with Crippen LogP contribution in [0.5, 0.6) is 0 Å². The van der Waals surface area contributed by atoms with E-state index in [-0.39, 0.29) is 5.54 Å². The van der Waals surface area contributed by atoms with Crippen LogP contribution in [-0.4, -0.2) is 14.5 Å². The Kier molecular flexibility index (Phi) is 2.80. The van der Waals surface area contributed by atoms with E-state index in [0.717, 1.165) is 10.7 Å². The fourth-order valence-electron chi connectivity index (χ4n) is 1.37. The van der Waals surface area contributed by atoms with Crippen LogP contribution < -0.4 is 0 Å². The Labute approximate surface area is 97.8 Å². The number of thiazole rings is 1. The third-order valence-corrected chi connectivity index (χ3v) is 3.73. The van der Waals surface area contributed by atoms with Crippen molar-refractivity contribution in [2.45, 2.75) is 25.3 Å². The van der Waals surface area contributed by atoms with E-state index in [1.54, 1.807) is 17.7 Å². The fourth-order valence-corrected chi connectivity index (χ4v) is 2.28. The van der Waals surface area contributed by atoms with Crippen molar-refractivity contribution in [3.05, 3.63) is 34.8 Å². The monoisotopic (exact) mass is 241 g/mol. The van der Waals surface area contributed by atoms with Gasteiger partial charge in [0, 0.05) is 17.8 Å². The molecule has 0 amide bonds. The first-order valence-corrected chi connectivity index (χ1v) is 6.05. The number of halogens is 1. The van der Waals surface area contributed by atoms with Gasteiger partial charge < -0.3 is 4.57 Å². The highest BCUT2D eigenvalue weighted by atomic mass is 35.5. The van der Waals surface area contributed by atoms with Gasteiger partial charge >= 0.3 is 0 Å². The first-order valence-electron chi connectivity index (χ1n) is 4.64. The number of alkyl halides is 1. The van der Waals surface area contributed by atoms with Crippen LogP contribution in [0.4, 0.5) is 0 Å². The molecule has 0 aliphatic heterocycles. The lowest BCUT2D eigenvalue weighted by atomic mass is 10.1. The molecule has 0 bridgehead atoms. The van der Waals surface area contributed by atoms with Gasteiger partial charge in [-0.05, 0) is 13.8 Å². The molecule has 2 rings (SSSR count). The van der Waals surface area contributed by atoms with Crippen LogP contribution >= 0.6 is 22.9 Å². The van der Waals surface area contributed by atoms with Gasteiger partial charge in [0.2, 0.25) is 0 Å². The summed E-state index contributed by atoms with van der Waals surface area (Å²) in [5, 5.41) is 3.05. The molecule has 0 spiro atoms. The Bertz CT molecular complexity index is 433. The van der Waals surface area contributed by atoms with Gasteiger partial charge in [0.05, 0.1) is 23.4 Å². The summed E-state index contributed by atoms with van der Waals surface area (Å²) in [5.74, 6) is 0.445. The molecular weight excluding hydrogens is 230 g/mol. The molecule has 0 aliphatic rings. The van der Waals surface area contributed by atoms with Gasteiger partial charge in [-0.15, -0.1) is 22.9 Å². The van der Waals surface area contributed by atoms with Crippen LogP contribution in [0.1, 0.15) is 24.5 Å². The molecule has 0 N–H and O–H groups in total. The Hall–Kier alpha value is -0.870. The number of imidazole rings is 1. The quantitative estimate of drug-likeness (QED) is 0.774. The highest BCUT2D eigenvalue weighted by molar-refractivity contribution is 7.09. The summed E-state index contributed by atoms with van der Waals surface area (Å²) in [4.78, 5) is 8.56. The summed E-state index contributed by atoms with van der Waals surface area (Å²) in [5.41, 5.74) is 0.729. The van der Waals surface area contributed by atoms with Crippen LogP contribution in [0, 0.1) is 0 Å².